The van der Waals surface area contributed by atoms with Crippen molar-refractivity contribution < 1.29 is 23.9 Å². The molecule has 1 amide bonds. The summed E-state index contributed by atoms with van der Waals surface area (Å²) in [6, 6.07) is 5.99. The van der Waals surface area contributed by atoms with Crippen molar-refractivity contribution in [1.82, 2.24) is 5.32 Å². The maximum absolute atomic E-state index is 11.7. The quantitative estimate of drug-likeness (QED) is 0.623. The lowest BCUT2D eigenvalue weighted by atomic mass is 10.1. The summed E-state index contributed by atoms with van der Waals surface area (Å²) in [5.74, 6) is -0.955. The summed E-state index contributed by atoms with van der Waals surface area (Å²) in [4.78, 5) is 33.7. The number of benzene rings is 1. The molecule has 1 aliphatic rings. The third kappa shape index (κ3) is 4.68. The lowest BCUT2D eigenvalue weighted by Gasteiger charge is -2.11. The molecule has 0 radical (unpaired) electrons. The number of esters is 1. The molecule has 112 valence electrons. The van der Waals surface area contributed by atoms with Crippen LogP contribution in [0.25, 0.3) is 0 Å². The molecule has 0 bridgehead atoms. The van der Waals surface area contributed by atoms with Crippen molar-refractivity contribution in [3.8, 4) is 0 Å². The molecular weight excluding hydrogens is 274 g/mol. The third-order valence-electron chi connectivity index (χ3n) is 3.17. The van der Waals surface area contributed by atoms with E-state index in [-0.39, 0.29) is 18.6 Å². The predicted octanol–water partition coefficient (Wildman–Crippen LogP) is 0.951. The molecule has 1 unspecified atom stereocenters. The average Bonchev–Trinajstić information content (AvgIpc) is 3.04. The zero-order chi connectivity index (χ0) is 15.1. The highest BCUT2D eigenvalue weighted by Crippen LogP contribution is 2.10. The molecule has 1 heterocycles. The fourth-order valence-corrected chi connectivity index (χ4v) is 2.00. The van der Waals surface area contributed by atoms with E-state index < -0.39 is 5.97 Å². The molecule has 1 fully saturated rings. The Morgan fingerprint density at radius 3 is 2.71 bits per heavy atom. The zero-order valence-electron chi connectivity index (χ0n) is 11.5. The monoisotopic (exact) mass is 291 g/mol. The highest BCUT2D eigenvalue weighted by molar-refractivity contribution is 5.92. The number of hydrogen-bond donors (Lipinski definition) is 1. The second-order valence-electron chi connectivity index (χ2n) is 4.76. The van der Waals surface area contributed by atoms with Crippen LogP contribution in [0.1, 0.15) is 33.6 Å². The molecule has 1 N–H and O–H groups in total. The van der Waals surface area contributed by atoms with Crippen molar-refractivity contribution in [3.05, 3.63) is 35.4 Å². The number of rotatable bonds is 6. The van der Waals surface area contributed by atoms with E-state index in [1.807, 2.05) is 0 Å². The van der Waals surface area contributed by atoms with Gasteiger partial charge < -0.3 is 14.8 Å². The number of carbonyl (C=O) groups excluding carboxylic acids is 3. The van der Waals surface area contributed by atoms with Crippen LogP contribution in [0.4, 0.5) is 0 Å². The number of ether oxygens (including phenoxy) is 2. The minimum Gasteiger partial charge on any atom is -0.452 e. The lowest BCUT2D eigenvalue weighted by Crippen LogP contribution is -2.34. The maximum atomic E-state index is 11.7. The van der Waals surface area contributed by atoms with Crippen LogP contribution in [0.2, 0.25) is 0 Å². The molecular formula is C15H17NO5. The number of carbonyl (C=O) groups is 3. The molecule has 0 aromatic heterocycles. The summed E-state index contributed by atoms with van der Waals surface area (Å²) in [5.41, 5.74) is 0.772. The number of nitrogens with one attached hydrogen (secondary N) is 1. The van der Waals surface area contributed by atoms with Crippen LogP contribution in [-0.2, 0) is 14.3 Å². The Morgan fingerprint density at radius 2 is 2.10 bits per heavy atom. The molecule has 0 aliphatic carbocycles. The third-order valence-corrected chi connectivity index (χ3v) is 3.17. The first-order valence-corrected chi connectivity index (χ1v) is 6.79. The van der Waals surface area contributed by atoms with Crippen molar-refractivity contribution in [1.29, 1.82) is 0 Å². The van der Waals surface area contributed by atoms with Gasteiger partial charge in [0.2, 0.25) is 0 Å². The van der Waals surface area contributed by atoms with E-state index >= 15 is 0 Å². The second-order valence-corrected chi connectivity index (χ2v) is 4.76. The summed E-state index contributed by atoms with van der Waals surface area (Å²) in [6.45, 7) is 0.831. The van der Waals surface area contributed by atoms with E-state index in [0.29, 0.717) is 24.0 Å². The molecule has 6 heteroatoms. The van der Waals surface area contributed by atoms with Crippen molar-refractivity contribution in [3.63, 3.8) is 0 Å². The van der Waals surface area contributed by atoms with Crippen LogP contribution in [-0.4, -0.2) is 44.0 Å². The van der Waals surface area contributed by atoms with Crippen LogP contribution in [0, 0.1) is 0 Å². The van der Waals surface area contributed by atoms with Crippen LogP contribution < -0.4 is 5.32 Å². The molecule has 1 aliphatic heterocycles. The van der Waals surface area contributed by atoms with Gasteiger partial charge in [-0.15, -0.1) is 0 Å². The van der Waals surface area contributed by atoms with Gasteiger partial charge in [-0.2, -0.15) is 0 Å². The van der Waals surface area contributed by atoms with Gasteiger partial charge in [0.25, 0.3) is 5.91 Å². The van der Waals surface area contributed by atoms with E-state index in [1.54, 1.807) is 0 Å². The van der Waals surface area contributed by atoms with Crippen molar-refractivity contribution in [2.75, 3.05) is 19.8 Å². The fraction of sp³-hybridized carbons (Fsp3) is 0.400. The highest BCUT2D eigenvalue weighted by Gasteiger charge is 2.16. The van der Waals surface area contributed by atoms with E-state index in [1.165, 1.54) is 24.3 Å². The van der Waals surface area contributed by atoms with Gasteiger partial charge in [0.15, 0.2) is 6.61 Å². The summed E-state index contributed by atoms with van der Waals surface area (Å²) < 4.78 is 10.3. The van der Waals surface area contributed by atoms with Crippen molar-refractivity contribution >= 4 is 18.2 Å². The fourth-order valence-electron chi connectivity index (χ4n) is 2.00. The summed E-state index contributed by atoms with van der Waals surface area (Å²) in [7, 11) is 0. The van der Waals surface area contributed by atoms with E-state index in [4.69, 9.17) is 9.47 Å². The summed E-state index contributed by atoms with van der Waals surface area (Å²) in [6.07, 6.45) is 2.68. The summed E-state index contributed by atoms with van der Waals surface area (Å²) in [5, 5.41) is 2.66. The highest BCUT2D eigenvalue weighted by atomic mass is 16.5. The molecule has 1 aromatic rings. The molecule has 6 nitrogen and oxygen atoms in total. The zero-order valence-corrected chi connectivity index (χ0v) is 11.5. The van der Waals surface area contributed by atoms with E-state index in [9.17, 15) is 14.4 Å². The van der Waals surface area contributed by atoms with Crippen LogP contribution in [0.15, 0.2) is 24.3 Å². The first-order chi connectivity index (χ1) is 10.2. The Hall–Kier alpha value is -2.21. The van der Waals surface area contributed by atoms with Gasteiger partial charge in [-0.05, 0) is 25.0 Å². The number of hydrogen-bond acceptors (Lipinski definition) is 5. The molecule has 0 saturated carbocycles. The molecule has 1 saturated heterocycles. The van der Waals surface area contributed by atoms with Crippen molar-refractivity contribution in [2.24, 2.45) is 0 Å². The second kappa shape index (κ2) is 7.54. The number of amides is 1. The molecule has 21 heavy (non-hydrogen) atoms. The first kappa shape index (κ1) is 15.2. The van der Waals surface area contributed by atoms with E-state index in [2.05, 4.69) is 5.32 Å². The largest absolute Gasteiger partial charge is 0.452 e. The van der Waals surface area contributed by atoms with Crippen LogP contribution >= 0.6 is 0 Å². The standard InChI is InChI=1S/C15H17NO5/c17-9-11-3-5-12(6-4-11)15(19)21-10-14(18)16-8-13-2-1-7-20-13/h3-6,9,13H,1-2,7-8,10H2,(H,16,18). The molecule has 1 aromatic carbocycles. The van der Waals surface area contributed by atoms with Gasteiger partial charge in [0.1, 0.15) is 6.29 Å². The topological polar surface area (TPSA) is 81.7 Å². The number of aldehydes is 1. The smallest absolute Gasteiger partial charge is 0.338 e. The Labute approximate surface area is 122 Å². The van der Waals surface area contributed by atoms with Crippen molar-refractivity contribution in [2.45, 2.75) is 18.9 Å². The predicted molar refractivity (Wildman–Crippen MR) is 74.1 cm³/mol. The van der Waals surface area contributed by atoms with Gasteiger partial charge in [0.05, 0.1) is 11.7 Å². The van der Waals surface area contributed by atoms with Crippen LogP contribution in [0.3, 0.4) is 0 Å². The Morgan fingerprint density at radius 1 is 1.33 bits per heavy atom. The minimum atomic E-state index is -0.597. The van der Waals surface area contributed by atoms with Gasteiger partial charge >= 0.3 is 5.97 Å². The average molecular weight is 291 g/mol. The molecule has 2 rings (SSSR count). The van der Waals surface area contributed by atoms with Gasteiger partial charge in [-0.1, -0.05) is 12.1 Å². The van der Waals surface area contributed by atoms with E-state index in [0.717, 1.165) is 19.4 Å². The summed E-state index contributed by atoms with van der Waals surface area (Å²) >= 11 is 0. The van der Waals surface area contributed by atoms with Crippen LogP contribution in [0.5, 0.6) is 0 Å². The first-order valence-electron chi connectivity index (χ1n) is 6.79. The molecule has 1 atom stereocenters. The van der Waals surface area contributed by atoms with Gasteiger partial charge in [-0.3, -0.25) is 9.59 Å². The molecule has 0 spiro atoms. The Balaban J connectivity index is 1.71. The lowest BCUT2D eigenvalue weighted by molar-refractivity contribution is -0.124. The SMILES string of the molecule is O=Cc1ccc(C(=O)OCC(=O)NCC2CCCO2)cc1. The minimum absolute atomic E-state index is 0.0561. The van der Waals surface area contributed by atoms with Gasteiger partial charge in [-0.25, -0.2) is 4.79 Å². The normalized spacial score (nSPS) is 17.2. The maximum Gasteiger partial charge on any atom is 0.338 e. The van der Waals surface area contributed by atoms with Gasteiger partial charge in [0, 0.05) is 18.7 Å². The Kier molecular flexibility index (Phi) is 5.45. The Bertz CT molecular complexity index is 505.